The van der Waals surface area contributed by atoms with E-state index >= 15 is 0 Å². The fraction of sp³-hybridized carbons (Fsp3) is 0.278. The molecule has 7 nitrogen and oxygen atoms in total. The van der Waals surface area contributed by atoms with E-state index in [0.29, 0.717) is 30.8 Å². The summed E-state index contributed by atoms with van der Waals surface area (Å²) in [5, 5.41) is 2.84. The maximum atomic E-state index is 12.9. The lowest BCUT2D eigenvalue weighted by Crippen LogP contribution is -2.45. The predicted octanol–water partition coefficient (Wildman–Crippen LogP) is 1.71. The molecule has 0 aliphatic carbocycles. The summed E-state index contributed by atoms with van der Waals surface area (Å²) >= 11 is 0. The molecule has 2 aromatic heterocycles. The van der Waals surface area contributed by atoms with E-state index in [2.05, 4.69) is 10.3 Å². The SMILES string of the molecule is CN1C(=O)NC(c2ccco2)C2=C1CN(CCc1ccccn1)C2=O. The second kappa shape index (κ2) is 6.08. The van der Waals surface area contributed by atoms with Crippen molar-refractivity contribution in [2.75, 3.05) is 20.1 Å². The first kappa shape index (κ1) is 15.4. The van der Waals surface area contributed by atoms with Crippen LogP contribution in [-0.2, 0) is 11.2 Å². The van der Waals surface area contributed by atoms with Gasteiger partial charge in [0.05, 0.1) is 24.1 Å². The number of amides is 3. The van der Waals surface area contributed by atoms with E-state index in [1.54, 1.807) is 30.3 Å². The van der Waals surface area contributed by atoms with Gasteiger partial charge in [-0.05, 0) is 24.3 Å². The van der Waals surface area contributed by atoms with Crippen molar-refractivity contribution >= 4 is 11.9 Å². The summed E-state index contributed by atoms with van der Waals surface area (Å²) in [4.78, 5) is 32.7. The van der Waals surface area contributed by atoms with Crippen molar-refractivity contribution in [3.63, 3.8) is 0 Å². The van der Waals surface area contributed by atoms with Gasteiger partial charge in [-0.1, -0.05) is 6.07 Å². The maximum Gasteiger partial charge on any atom is 0.322 e. The third-order valence-electron chi connectivity index (χ3n) is 4.63. The number of nitrogens with one attached hydrogen (secondary N) is 1. The number of rotatable bonds is 4. The third-order valence-corrected chi connectivity index (χ3v) is 4.63. The minimum absolute atomic E-state index is 0.0702. The number of hydrogen-bond donors (Lipinski definition) is 1. The number of pyridine rings is 1. The number of likely N-dealkylation sites (N-methyl/N-ethyl adjacent to an activating group) is 1. The lowest BCUT2D eigenvalue weighted by Gasteiger charge is -2.29. The molecule has 128 valence electrons. The summed E-state index contributed by atoms with van der Waals surface area (Å²) in [5.74, 6) is 0.494. The van der Waals surface area contributed by atoms with Gasteiger partial charge >= 0.3 is 6.03 Å². The van der Waals surface area contributed by atoms with Crippen LogP contribution in [0.1, 0.15) is 17.5 Å². The van der Waals surface area contributed by atoms with Gasteiger partial charge in [-0.2, -0.15) is 0 Å². The number of urea groups is 1. The van der Waals surface area contributed by atoms with Crippen molar-refractivity contribution < 1.29 is 14.0 Å². The average molecular weight is 338 g/mol. The van der Waals surface area contributed by atoms with Crippen molar-refractivity contribution in [3.8, 4) is 0 Å². The first-order chi connectivity index (χ1) is 12.1. The Bertz CT molecular complexity index is 829. The first-order valence-electron chi connectivity index (χ1n) is 8.15. The zero-order chi connectivity index (χ0) is 17.4. The molecule has 0 spiro atoms. The number of carbonyl (C=O) groups excluding carboxylic acids is 2. The second-order valence-electron chi connectivity index (χ2n) is 6.12. The fourth-order valence-electron chi connectivity index (χ4n) is 3.27. The molecule has 0 radical (unpaired) electrons. The molecule has 25 heavy (non-hydrogen) atoms. The van der Waals surface area contributed by atoms with Crippen LogP contribution < -0.4 is 5.32 Å². The predicted molar refractivity (Wildman–Crippen MR) is 89.3 cm³/mol. The van der Waals surface area contributed by atoms with Crippen molar-refractivity contribution in [2.24, 2.45) is 0 Å². The number of furan rings is 1. The van der Waals surface area contributed by atoms with Crippen LogP contribution >= 0.6 is 0 Å². The highest BCUT2D eigenvalue weighted by atomic mass is 16.3. The Morgan fingerprint density at radius 3 is 2.88 bits per heavy atom. The summed E-state index contributed by atoms with van der Waals surface area (Å²) in [6.45, 7) is 0.970. The van der Waals surface area contributed by atoms with Gasteiger partial charge in [-0.15, -0.1) is 0 Å². The van der Waals surface area contributed by atoms with E-state index in [1.807, 2.05) is 18.2 Å². The topological polar surface area (TPSA) is 78.7 Å². The Morgan fingerprint density at radius 1 is 1.28 bits per heavy atom. The molecule has 2 aliphatic heterocycles. The smallest absolute Gasteiger partial charge is 0.322 e. The molecular weight excluding hydrogens is 320 g/mol. The molecule has 3 amide bonds. The number of nitrogens with zero attached hydrogens (tertiary/aromatic N) is 3. The van der Waals surface area contributed by atoms with Crippen molar-refractivity contribution in [1.82, 2.24) is 20.1 Å². The monoisotopic (exact) mass is 338 g/mol. The van der Waals surface area contributed by atoms with Crippen LogP contribution in [0.4, 0.5) is 4.79 Å². The average Bonchev–Trinajstić information content (AvgIpc) is 3.26. The third kappa shape index (κ3) is 2.67. The van der Waals surface area contributed by atoms with Crippen molar-refractivity contribution in [3.05, 3.63) is 65.5 Å². The van der Waals surface area contributed by atoms with E-state index in [1.165, 1.54) is 11.2 Å². The van der Waals surface area contributed by atoms with Gasteiger partial charge in [0.25, 0.3) is 5.91 Å². The molecule has 1 unspecified atom stereocenters. The molecule has 2 aliphatic rings. The zero-order valence-corrected chi connectivity index (χ0v) is 13.8. The van der Waals surface area contributed by atoms with E-state index in [0.717, 1.165) is 11.4 Å². The summed E-state index contributed by atoms with van der Waals surface area (Å²) in [5.41, 5.74) is 2.25. The number of aromatic nitrogens is 1. The van der Waals surface area contributed by atoms with E-state index in [4.69, 9.17) is 4.42 Å². The lowest BCUT2D eigenvalue weighted by molar-refractivity contribution is -0.125. The molecule has 2 aromatic rings. The molecule has 0 bridgehead atoms. The summed E-state index contributed by atoms with van der Waals surface area (Å²) in [6.07, 6.45) is 3.95. The van der Waals surface area contributed by atoms with Gasteiger partial charge in [0.1, 0.15) is 11.8 Å². The van der Waals surface area contributed by atoms with Gasteiger partial charge in [-0.3, -0.25) is 14.7 Å². The van der Waals surface area contributed by atoms with Crippen LogP contribution in [0.5, 0.6) is 0 Å². The van der Waals surface area contributed by atoms with Gasteiger partial charge in [0.15, 0.2) is 0 Å². The fourth-order valence-corrected chi connectivity index (χ4v) is 3.27. The Balaban J connectivity index is 1.57. The molecular formula is C18H18N4O3. The van der Waals surface area contributed by atoms with Gasteiger partial charge < -0.3 is 14.6 Å². The minimum atomic E-state index is -0.541. The van der Waals surface area contributed by atoms with Crippen LogP contribution in [0.3, 0.4) is 0 Å². The molecule has 1 N–H and O–H groups in total. The van der Waals surface area contributed by atoms with Crippen LogP contribution in [0.2, 0.25) is 0 Å². The molecule has 0 saturated carbocycles. The summed E-state index contributed by atoms with van der Waals surface area (Å²) in [7, 11) is 1.68. The van der Waals surface area contributed by atoms with Gasteiger partial charge in [0.2, 0.25) is 0 Å². The molecule has 4 rings (SSSR count). The van der Waals surface area contributed by atoms with Crippen LogP contribution in [0.25, 0.3) is 0 Å². The molecule has 1 atom stereocenters. The highest BCUT2D eigenvalue weighted by Gasteiger charge is 2.43. The molecule has 0 aromatic carbocycles. The zero-order valence-electron chi connectivity index (χ0n) is 13.8. The van der Waals surface area contributed by atoms with Crippen LogP contribution in [-0.4, -0.2) is 46.9 Å². The highest BCUT2D eigenvalue weighted by Crippen LogP contribution is 2.35. The van der Waals surface area contributed by atoms with Crippen LogP contribution in [0.15, 0.2) is 58.5 Å². The Hall–Kier alpha value is -3.09. The standard InChI is InChI=1S/C18H18N4O3/c1-21-13-11-22(9-7-12-5-2-3-8-19-12)17(23)15(13)16(20-18(21)24)14-6-4-10-25-14/h2-6,8,10,16H,7,9,11H2,1H3,(H,20,24). The minimum Gasteiger partial charge on any atom is -0.467 e. The number of carbonyl (C=O) groups is 2. The summed E-state index contributed by atoms with van der Waals surface area (Å²) < 4.78 is 5.43. The highest BCUT2D eigenvalue weighted by molar-refractivity contribution is 6.01. The maximum absolute atomic E-state index is 12.9. The van der Waals surface area contributed by atoms with E-state index < -0.39 is 6.04 Å². The first-order valence-corrected chi connectivity index (χ1v) is 8.15. The molecule has 7 heteroatoms. The van der Waals surface area contributed by atoms with Gasteiger partial charge in [0, 0.05) is 31.9 Å². The Morgan fingerprint density at radius 2 is 2.16 bits per heavy atom. The molecule has 4 heterocycles. The van der Waals surface area contributed by atoms with Crippen molar-refractivity contribution in [2.45, 2.75) is 12.5 Å². The summed E-state index contributed by atoms with van der Waals surface area (Å²) in [6, 6.07) is 8.48. The molecule has 0 fully saturated rings. The quantitative estimate of drug-likeness (QED) is 0.920. The second-order valence-corrected chi connectivity index (χ2v) is 6.12. The normalized spacial score (nSPS) is 20.1. The van der Waals surface area contributed by atoms with Gasteiger partial charge in [-0.25, -0.2) is 4.79 Å². The number of hydrogen-bond acceptors (Lipinski definition) is 4. The Kier molecular flexibility index (Phi) is 3.76. The lowest BCUT2D eigenvalue weighted by atomic mass is 10.0. The van der Waals surface area contributed by atoms with E-state index in [-0.39, 0.29) is 11.9 Å². The Labute approximate surface area is 144 Å². The largest absolute Gasteiger partial charge is 0.467 e. The van der Waals surface area contributed by atoms with Crippen LogP contribution in [0, 0.1) is 0 Å². The van der Waals surface area contributed by atoms with E-state index in [9.17, 15) is 9.59 Å². The van der Waals surface area contributed by atoms with Crippen molar-refractivity contribution in [1.29, 1.82) is 0 Å². The molecule has 0 saturated heterocycles.